The van der Waals surface area contributed by atoms with Gasteiger partial charge in [0.1, 0.15) is 0 Å². The molecule has 114 valence electrons. The molecule has 2 heterocycles. The third-order valence-corrected chi connectivity index (χ3v) is 4.78. The molecule has 0 saturated carbocycles. The molecule has 8 heteroatoms. The zero-order valence-corrected chi connectivity index (χ0v) is 13.1. The van der Waals surface area contributed by atoms with Crippen LogP contribution in [0.1, 0.15) is 19.4 Å². The highest BCUT2D eigenvalue weighted by Gasteiger charge is 2.60. The number of amides is 3. The lowest BCUT2D eigenvalue weighted by Gasteiger charge is -2.28. The van der Waals surface area contributed by atoms with E-state index in [-0.39, 0.29) is 22.9 Å². The Kier molecular flexibility index (Phi) is 3.21. The van der Waals surface area contributed by atoms with Crippen LogP contribution in [0.3, 0.4) is 0 Å². The van der Waals surface area contributed by atoms with Crippen molar-refractivity contribution in [1.29, 1.82) is 0 Å². The lowest BCUT2D eigenvalue weighted by Crippen LogP contribution is -2.47. The maximum absolute atomic E-state index is 12.9. The van der Waals surface area contributed by atoms with Crippen molar-refractivity contribution < 1.29 is 14.4 Å². The molecule has 0 radical (unpaired) electrons. The molecule has 1 aromatic rings. The van der Waals surface area contributed by atoms with Gasteiger partial charge in [-0.15, -0.1) is 5.10 Å². The third-order valence-electron chi connectivity index (χ3n) is 3.54. The van der Waals surface area contributed by atoms with Gasteiger partial charge in [0.05, 0.1) is 5.69 Å². The van der Waals surface area contributed by atoms with Crippen LogP contribution in [0, 0.1) is 0 Å². The van der Waals surface area contributed by atoms with Gasteiger partial charge in [-0.25, -0.2) is 0 Å². The standard InChI is InChI=1S/C14H14N4O3S/c1-8(19)15-13-16-18(9(2)20)14(22-13)10-6-4-5-7-11(10)17(3)12(14)21/h4-7H,1-3H3,(H,15,16,19)/t14-/m0/s1. The van der Waals surface area contributed by atoms with Crippen molar-refractivity contribution in [3.63, 3.8) is 0 Å². The molecule has 2 aliphatic heterocycles. The molecule has 0 bridgehead atoms. The van der Waals surface area contributed by atoms with E-state index < -0.39 is 4.87 Å². The SMILES string of the molecule is CC(=O)NC1=NN(C(C)=O)[C@@]2(S1)C(=O)N(C)c1ccccc12. The van der Waals surface area contributed by atoms with Crippen molar-refractivity contribution in [3.8, 4) is 0 Å². The van der Waals surface area contributed by atoms with Crippen molar-refractivity contribution in [3.05, 3.63) is 29.8 Å². The normalized spacial score (nSPS) is 22.9. The van der Waals surface area contributed by atoms with Crippen molar-refractivity contribution in [2.75, 3.05) is 11.9 Å². The number of fused-ring (bicyclic) bond motifs is 2. The molecule has 0 unspecified atom stereocenters. The number of nitrogens with one attached hydrogen (secondary N) is 1. The topological polar surface area (TPSA) is 82.1 Å². The van der Waals surface area contributed by atoms with Gasteiger partial charge in [0, 0.05) is 26.5 Å². The van der Waals surface area contributed by atoms with Crippen molar-refractivity contribution >= 4 is 40.3 Å². The van der Waals surface area contributed by atoms with Gasteiger partial charge >= 0.3 is 0 Å². The van der Waals surface area contributed by atoms with Crippen LogP contribution in [0.5, 0.6) is 0 Å². The van der Waals surface area contributed by atoms with Gasteiger partial charge in [0.15, 0.2) is 5.17 Å². The largest absolute Gasteiger partial charge is 0.312 e. The van der Waals surface area contributed by atoms with Crippen LogP contribution in [0.15, 0.2) is 29.4 Å². The molecule has 1 atom stereocenters. The zero-order chi connectivity index (χ0) is 16.1. The Labute approximate surface area is 131 Å². The minimum atomic E-state index is -1.28. The van der Waals surface area contributed by atoms with Gasteiger partial charge in [-0.05, 0) is 17.8 Å². The lowest BCUT2D eigenvalue weighted by molar-refractivity contribution is -0.139. The van der Waals surface area contributed by atoms with Crippen LogP contribution < -0.4 is 10.2 Å². The number of thioether (sulfide) groups is 1. The van der Waals surface area contributed by atoms with Crippen LogP contribution in [-0.2, 0) is 19.3 Å². The van der Waals surface area contributed by atoms with Crippen LogP contribution >= 0.6 is 11.8 Å². The highest BCUT2D eigenvalue weighted by atomic mass is 32.2. The van der Waals surface area contributed by atoms with Crippen molar-refractivity contribution in [2.24, 2.45) is 5.10 Å². The van der Waals surface area contributed by atoms with Gasteiger partial charge in [0.2, 0.25) is 16.7 Å². The highest BCUT2D eigenvalue weighted by Crippen LogP contribution is 2.53. The molecule has 0 fully saturated rings. The van der Waals surface area contributed by atoms with E-state index in [2.05, 4.69) is 10.4 Å². The fraction of sp³-hybridized carbons (Fsp3) is 0.286. The monoisotopic (exact) mass is 318 g/mol. The van der Waals surface area contributed by atoms with E-state index >= 15 is 0 Å². The summed E-state index contributed by atoms with van der Waals surface area (Å²) in [4.78, 5) is 36.4. The number of hydrogen-bond acceptors (Lipinski definition) is 5. The number of carbonyl (C=O) groups excluding carboxylic acids is 3. The number of rotatable bonds is 0. The predicted octanol–water partition coefficient (Wildman–Crippen LogP) is 0.818. The smallest absolute Gasteiger partial charge is 0.270 e. The molecule has 2 aliphatic rings. The molecule has 3 rings (SSSR count). The first-order valence-corrected chi connectivity index (χ1v) is 7.43. The summed E-state index contributed by atoms with van der Waals surface area (Å²) >= 11 is 1.07. The number of hydrazone groups is 1. The Bertz CT molecular complexity index is 733. The minimum absolute atomic E-state index is 0.237. The summed E-state index contributed by atoms with van der Waals surface area (Å²) < 4.78 is 0. The second-order valence-corrected chi connectivity index (χ2v) is 6.23. The Balaban J connectivity index is 2.15. The van der Waals surface area contributed by atoms with E-state index in [1.165, 1.54) is 18.7 Å². The molecule has 1 spiro atoms. The Morgan fingerprint density at radius 2 is 1.95 bits per heavy atom. The summed E-state index contributed by atoms with van der Waals surface area (Å²) in [6.07, 6.45) is 0. The summed E-state index contributed by atoms with van der Waals surface area (Å²) in [5, 5.41) is 8.07. The van der Waals surface area contributed by atoms with E-state index in [0.29, 0.717) is 5.56 Å². The van der Waals surface area contributed by atoms with E-state index in [4.69, 9.17) is 0 Å². The quantitative estimate of drug-likeness (QED) is 0.768. The second kappa shape index (κ2) is 4.84. The molecular weight excluding hydrogens is 304 g/mol. The molecule has 7 nitrogen and oxygen atoms in total. The molecule has 22 heavy (non-hydrogen) atoms. The first-order valence-electron chi connectivity index (χ1n) is 6.61. The van der Waals surface area contributed by atoms with Gasteiger partial charge in [-0.2, -0.15) is 5.01 Å². The van der Waals surface area contributed by atoms with Crippen LogP contribution in [0.4, 0.5) is 5.69 Å². The first kappa shape index (κ1) is 14.6. The number of hydrogen-bond donors (Lipinski definition) is 1. The highest BCUT2D eigenvalue weighted by molar-refractivity contribution is 8.15. The fourth-order valence-corrected chi connectivity index (χ4v) is 4.03. The van der Waals surface area contributed by atoms with E-state index in [1.807, 2.05) is 18.2 Å². The Morgan fingerprint density at radius 3 is 2.59 bits per heavy atom. The molecule has 1 N–H and O–H groups in total. The number of para-hydroxylation sites is 1. The van der Waals surface area contributed by atoms with Gasteiger partial charge in [-0.3, -0.25) is 14.4 Å². The third kappa shape index (κ3) is 1.83. The van der Waals surface area contributed by atoms with Crippen LogP contribution in [0.25, 0.3) is 0 Å². The van der Waals surface area contributed by atoms with Crippen molar-refractivity contribution in [2.45, 2.75) is 18.7 Å². The maximum Gasteiger partial charge on any atom is 0.270 e. The molecule has 3 amide bonds. The number of carbonyl (C=O) groups is 3. The molecule has 0 saturated heterocycles. The predicted molar refractivity (Wildman–Crippen MR) is 82.9 cm³/mol. The van der Waals surface area contributed by atoms with Crippen LogP contribution in [-0.4, -0.2) is 34.9 Å². The van der Waals surface area contributed by atoms with E-state index in [9.17, 15) is 14.4 Å². The number of likely N-dealkylation sites (N-methyl/N-ethyl adjacent to an activating group) is 1. The summed E-state index contributed by atoms with van der Waals surface area (Å²) in [6.45, 7) is 2.69. The van der Waals surface area contributed by atoms with Gasteiger partial charge in [0.25, 0.3) is 5.91 Å². The molecule has 0 aromatic heterocycles. The van der Waals surface area contributed by atoms with E-state index in [0.717, 1.165) is 22.5 Å². The van der Waals surface area contributed by atoms with Crippen molar-refractivity contribution in [1.82, 2.24) is 10.3 Å². The molecular formula is C14H14N4O3S. The second-order valence-electron chi connectivity index (χ2n) is 5.04. The fourth-order valence-electron chi connectivity index (χ4n) is 2.67. The lowest BCUT2D eigenvalue weighted by atomic mass is 10.1. The Hall–Kier alpha value is -2.35. The average molecular weight is 318 g/mol. The average Bonchev–Trinajstić information content (AvgIpc) is 2.93. The molecule has 0 aliphatic carbocycles. The number of benzene rings is 1. The number of nitrogens with zero attached hydrogens (tertiary/aromatic N) is 3. The van der Waals surface area contributed by atoms with E-state index in [1.54, 1.807) is 13.1 Å². The summed E-state index contributed by atoms with van der Waals surface area (Å²) in [5.41, 5.74) is 1.41. The summed E-state index contributed by atoms with van der Waals surface area (Å²) in [5.74, 6) is -0.941. The zero-order valence-electron chi connectivity index (χ0n) is 12.3. The van der Waals surface area contributed by atoms with Gasteiger partial charge < -0.3 is 10.2 Å². The van der Waals surface area contributed by atoms with Crippen LogP contribution in [0.2, 0.25) is 0 Å². The Morgan fingerprint density at radius 1 is 1.27 bits per heavy atom. The molecule has 1 aromatic carbocycles. The first-order chi connectivity index (χ1) is 10.4. The summed E-state index contributed by atoms with van der Waals surface area (Å²) in [6, 6.07) is 7.25. The summed E-state index contributed by atoms with van der Waals surface area (Å²) in [7, 11) is 1.66. The number of amidine groups is 1. The van der Waals surface area contributed by atoms with Gasteiger partial charge in [-0.1, -0.05) is 18.2 Å². The maximum atomic E-state index is 12.9. The minimum Gasteiger partial charge on any atom is -0.312 e. The number of anilines is 1.